The van der Waals surface area contributed by atoms with E-state index in [4.69, 9.17) is 18.9 Å². The molecule has 364 valence electrons. The number of carbonyl (C=O) groups excluding carboxylic acids is 2. The highest BCUT2D eigenvalue weighted by molar-refractivity contribution is 7.85. The lowest BCUT2D eigenvalue weighted by Gasteiger charge is -2.40. The fourth-order valence-corrected chi connectivity index (χ4v) is 8.34. The van der Waals surface area contributed by atoms with E-state index in [1.807, 2.05) is 0 Å². The summed E-state index contributed by atoms with van der Waals surface area (Å²) in [4.78, 5) is 25.5. The average molecular weight is 903 g/mol. The third-order valence-electron chi connectivity index (χ3n) is 11.5. The number of allylic oxidation sites excluding steroid dienone is 4. The van der Waals surface area contributed by atoms with Crippen LogP contribution in [0.2, 0.25) is 0 Å². The third-order valence-corrected chi connectivity index (χ3v) is 12.3. The van der Waals surface area contributed by atoms with Crippen LogP contribution in [0.15, 0.2) is 24.3 Å². The Morgan fingerprint density at radius 2 is 0.968 bits per heavy atom. The van der Waals surface area contributed by atoms with Crippen LogP contribution < -0.4 is 0 Å². The van der Waals surface area contributed by atoms with Gasteiger partial charge >= 0.3 is 11.9 Å². The second kappa shape index (κ2) is 39.5. The Morgan fingerprint density at radius 1 is 0.548 bits per heavy atom. The Bertz CT molecular complexity index is 1240. The van der Waals surface area contributed by atoms with E-state index in [1.165, 1.54) is 116 Å². The van der Waals surface area contributed by atoms with Crippen molar-refractivity contribution in [2.45, 2.75) is 256 Å². The SMILES string of the molecule is CCCCC/C=C/C/C=C/CCCCCCCC(=O)O[C@H](COC(=O)CCCCCCCCCCCCCCCCCCCCC)CO[C@H]1O[C@H](CS(=O)(=O)O)[C@@H](O)C(O)C1O. The highest BCUT2D eigenvalue weighted by Crippen LogP contribution is 2.24. The van der Waals surface area contributed by atoms with Crippen molar-refractivity contribution < 1.29 is 56.8 Å². The van der Waals surface area contributed by atoms with Crippen molar-refractivity contribution in [2.75, 3.05) is 19.0 Å². The summed E-state index contributed by atoms with van der Waals surface area (Å²) in [6.45, 7) is 3.75. The summed E-state index contributed by atoms with van der Waals surface area (Å²) in [5.41, 5.74) is 0. The van der Waals surface area contributed by atoms with Crippen LogP contribution in [0.1, 0.15) is 219 Å². The number of hydrogen-bond acceptors (Lipinski definition) is 11. The molecule has 1 aliphatic heterocycles. The van der Waals surface area contributed by atoms with Crippen molar-refractivity contribution in [3.63, 3.8) is 0 Å². The van der Waals surface area contributed by atoms with Gasteiger partial charge in [0.1, 0.15) is 36.8 Å². The van der Waals surface area contributed by atoms with Gasteiger partial charge in [-0.15, -0.1) is 0 Å². The van der Waals surface area contributed by atoms with Crippen molar-refractivity contribution in [2.24, 2.45) is 0 Å². The van der Waals surface area contributed by atoms with Crippen LogP contribution in [0.4, 0.5) is 0 Å². The molecule has 12 nitrogen and oxygen atoms in total. The second-order valence-electron chi connectivity index (χ2n) is 17.5. The molecule has 0 aliphatic carbocycles. The van der Waals surface area contributed by atoms with E-state index >= 15 is 0 Å². The van der Waals surface area contributed by atoms with E-state index in [1.54, 1.807) is 0 Å². The van der Waals surface area contributed by atoms with Crippen molar-refractivity contribution in [1.29, 1.82) is 0 Å². The molecule has 62 heavy (non-hydrogen) atoms. The average Bonchev–Trinajstić information content (AvgIpc) is 3.24. The van der Waals surface area contributed by atoms with Crippen LogP contribution in [0.25, 0.3) is 0 Å². The monoisotopic (exact) mass is 903 g/mol. The van der Waals surface area contributed by atoms with Crippen LogP contribution in [-0.2, 0) is 38.7 Å². The maximum absolute atomic E-state index is 12.8. The van der Waals surface area contributed by atoms with Crippen molar-refractivity contribution in [3.05, 3.63) is 24.3 Å². The van der Waals surface area contributed by atoms with E-state index in [-0.39, 0.29) is 19.4 Å². The zero-order chi connectivity index (χ0) is 45.5. The molecule has 1 aliphatic rings. The zero-order valence-electron chi connectivity index (χ0n) is 39.0. The van der Waals surface area contributed by atoms with E-state index in [0.29, 0.717) is 12.8 Å². The maximum atomic E-state index is 12.8. The Kier molecular flexibility index (Phi) is 37.0. The molecule has 0 aromatic heterocycles. The summed E-state index contributed by atoms with van der Waals surface area (Å²) < 4.78 is 54.2. The number of aliphatic hydroxyl groups excluding tert-OH is 3. The molecule has 1 heterocycles. The standard InChI is InChI=1S/C49H90O12S/c1-3-5-7-9-11-13-15-17-19-20-21-22-24-25-27-29-31-33-35-37-44(50)58-39-42(40-59-49-48(54)47(53)46(52)43(61-49)41-62(55,56)57)60-45(51)38-36-34-32-30-28-26-23-18-16-14-12-10-8-6-4-2/h12,14,18,23,42-43,46-49,52-54H,3-11,13,15-17,19-22,24-41H2,1-2H3,(H,55,56,57)/b14-12+,23-18+/t42-,43-,46-,47?,48?,49+/m1/s1. The fraction of sp³-hybridized carbons (Fsp3) is 0.878. The lowest BCUT2D eigenvalue weighted by atomic mass is 10.00. The number of ether oxygens (including phenoxy) is 4. The first-order chi connectivity index (χ1) is 30.0. The highest BCUT2D eigenvalue weighted by atomic mass is 32.2. The first-order valence-corrected chi connectivity index (χ1v) is 26.5. The van der Waals surface area contributed by atoms with Gasteiger partial charge in [-0.25, -0.2) is 0 Å². The number of rotatable bonds is 42. The minimum Gasteiger partial charge on any atom is -0.462 e. The van der Waals surface area contributed by atoms with Crippen LogP contribution in [0.3, 0.4) is 0 Å². The summed E-state index contributed by atoms with van der Waals surface area (Å²) in [5, 5.41) is 30.9. The number of carbonyl (C=O) groups is 2. The van der Waals surface area contributed by atoms with Crippen LogP contribution >= 0.6 is 0 Å². The summed E-state index contributed by atoms with van der Waals surface area (Å²) in [5.74, 6) is -1.99. The van der Waals surface area contributed by atoms with E-state index in [2.05, 4.69) is 38.2 Å². The molecule has 0 aromatic rings. The molecule has 0 amide bonds. The van der Waals surface area contributed by atoms with Crippen molar-refractivity contribution in [3.8, 4) is 0 Å². The molecule has 1 saturated heterocycles. The van der Waals surface area contributed by atoms with Gasteiger partial charge in [-0.3, -0.25) is 14.1 Å². The highest BCUT2D eigenvalue weighted by Gasteiger charge is 2.46. The Labute approximate surface area is 377 Å². The van der Waals surface area contributed by atoms with Crippen LogP contribution in [0, 0.1) is 0 Å². The van der Waals surface area contributed by atoms with E-state index < -0.39 is 71.2 Å². The molecular weight excluding hydrogens is 813 g/mol. The molecule has 0 radical (unpaired) electrons. The summed E-state index contributed by atoms with van der Waals surface area (Å²) >= 11 is 0. The minimum absolute atomic E-state index is 0.151. The molecule has 0 bridgehead atoms. The molecule has 0 aromatic carbocycles. The molecule has 4 N–H and O–H groups in total. The van der Waals surface area contributed by atoms with Gasteiger partial charge in [-0.05, 0) is 44.9 Å². The van der Waals surface area contributed by atoms with Gasteiger partial charge < -0.3 is 34.3 Å². The zero-order valence-corrected chi connectivity index (χ0v) is 39.8. The van der Waals surface area contributed by atoms with Gasteiger partial charge in [0.05, 0.1) is 6.61 Å². The lowest BCUT2D eigenvalue weighted by molar-refractivity contribution is -0.297. The number of esters is 2. The van der Waals surface area contributed by atoms with Gasteiger partial charge in [0.2, 0.25) is 0 Å². The van der Waals surface area contributed by atoms with Gasteiger partial charge in [-0.2, -0.15) is 8.42 Å². The molecule has 13 heteroatoms. The minimum atomic E-state index is -4.60. The first-order valence-electron chi connectivity index (χ1n) is 24.9. The van der Waals surface area contributed by atoms with Gasteiger partial charge in [0, 0.05) is 12.8 Å². The fourth-order valence-electron chi connectivity index (χ4n) is 7.65. The largest absolute Gasteiger partial charge is 0.462 e. The second-order valence-corrected chi connectivity index (χ2v) is 19.0. The van der Waals surface area contributed by atoms with E-state index in [9.17, 15) is 37.9 Å². The molecule has 0 saturated carbocycles. The maximum Gasteiger partial charge on any atom is 0.306 e. The third kappa shape index (κ3) is 33.6. The number of hydrogen-bond donors (Lipinski definition) is 4. The van der Waals surface area contributed by atoms with Crippen LogP contribution in [0.5, 0.6) is 0 Å². The molecule has 0 spiro atoms. The Morgan fingerprint density at radius 3 is 1.45 bits per heavy atom. The normalized spacial score (nSPS) is 20.0. The lowest BCUT2D eigenvalue weighted by Crippen LogP contribution is -2.60. The Balaban J connectivity index is 2.38. The summed E-state index contributed by atoms with van der Waals surface area (Å²) in [6, 6.07) is 0. The van der Waals surface area contributed by atoms with Crippen molar-refractivity contribution in [1.82, 2.24) is 0 Å². The molecular formula is C49H90O12S. The predicted molar refractivity (Wildman–Crippen MR) is 247 cm³/mol. The van der Waals surface area contributed by atoms with E-state index in [0.717, 1.165) is 64.2 Å². The molecule has 6 atom stereocenters. The summed E-state index contributed by atoms with van der Waals surface area (Å²) in [6.07, 6.45) is 35.0. The van der Waals surface area contributed by atoms with Gasteiger partial charge in [0.25, 0.3) is 10.1 Å². The predicted octanol–water partition coefficient (Wildman–Crippen LogP) is 10.8. The van der Waals surface area contributed by atoms with Gasteiger partial charge in [-0.1, -0.05) is 186 Å². The molecule has 2 unspecified atom stereocenters. The molecule has 1 fully saturated rings. The summed E-state index contributed by atoms with van der Waals surface area (Å²) in [7, 11) is -4.60. The van der Waals surface area contributed by atoms with Crippen molar-refractivity contribution >= 4 is 22.1 Å². The number of aliphatic hydroxyl groups is 3. The number of unbranched alkanes of at least 4 members (excludes halogenated alkanes) is 26. The van der Waals surface area contributed by atoms with Gasteiger partial charge in [0.15, 0.2) is 12.4 Å². The topological polar surface area (TPSA) is 186 Å². The quantitative estimate of drug-likeness (QED) is 0.0197. The van der Waals surface area contributed by atoms with Crippen LogP contribution in [-0.4, -0.2) is 96.0 Å². The smallest absolute Gasteiger partial charge is 0.306 e. The Hall–Kier alpha value is -1.87. The molecule has 1 rings (SSSR count). The first kappa shape index (κ1) is 58.1.